The number of rotatable bonds is 18. The van der Waals surface area contributed by atoms with Crippen LogP contribution in [0, 0.1) is 0 Å². The molecular formula is C39H62S3Si. The summed E-state index contributed by atoms with van der Waals surface area (Å²) >= 11 is 6.44. The van der Waals surface area contributed by atoms with Gasteiger partial charge in [-0.05, 0) is 76.3 Å². The molecule has 0 nitrogen and oxygen atoms in total. The molecule has 240 valence electrons. The Bertz CT molecular complexity index is 1280. The van der Waals surface area contributed by atoms with Gasteiger partial charge in [-0.15, -0.1) is 34.0 Å². The van der Waals surface area contributed by atoms with Gasteiger partial charge in [0.25, 0.3) is 0 Å². The second-order valence-corrected chi connectivity index (χ2v) is 22.6. The van der Waals surface area contributed by atoms with Crippen LogP contribution in [0.25, 0.3) is 19.5 Å². The van der Waals surface area contributed by atoms with E-state index in [2.05, 4.69) is 115 Å². The molecule has 3 aromatic rings. The normalized spacial score (nSPS) is 14.4. The first-order chi connectivity index (χ1) is 20.5. The number of thiophene rings is 3. The van der Waals surface area contributed by atoms with E-state index in [0.717, 1.165) is 0 Å². The minimum absolute atomic E-state index is 0.223. The van der Waals surface area contributed by atoms with Crippen molar-refractivity contribution in [2.24, 2.45) is 0 Å². The van der Waals surface area contributed by atoms with Crippen molar-refractivity contribution in [3.05, 3.63) is 33.5 Å². The van der Waals surface area contributed by atoms with Crippen molar-refractivity contribution in [1.29, 1.82) is 0 Å². The Balaban J connectivity index is 1.81. The number of hydrogen-bond acceptors (Lipinski definition) is 3. The molecule has 0 aliphatic carbocycles. The molecule has 0 atom stereocenters. The predicted molar refractivity (Wildman–Crippen MR) is 204 cm³/mol. The number of fused-ring (bicyclic) bond motifs is 3. The van der Waals surface area contributed by atoms with Gasteiger partial charge in [0.15, 0.2) is 0 Å². The van der Waals surface area contributed by atoms with E-state index in [-0.39, 0.29) is 10.8 Å². The van der Waals surface area contributed by atoms with E-state index < -0.39 is 8.07 Å². The Morgan fingerprint density at radius 1 is 0.581 bits per heavy atom. The van der Waals surface area contributed by atoms with Gasteiger partial charge in [0.2, 0.25) is 0 Å². The minimum Gasteiger partial charge on any atom is -0.139 e. The first-order valence-electron chi connectivity index (χ1n) is 17.9. The van der Waals surface area contributed by atoms with Crippen molar-refractivity contribution in [3.63, 3.8) is 0 Å². The molecule has 4 rings (SSSR count). The van der Waals surface area contributed by atoms with Crippen LogP contribution in [-0.2, 0) is 17.3 Å². The molecule has 0 N–H and O–H groups in total. The minimum atomic E-state index is -1.80. The molecule has 0 spiro atoms. The Morgan fingerprint density at radius 2 is 1.12 bits per heavy atom. The smallest absolute Gasteiger partial charge is 0.122 e. The van der Waals surface area contributed by atoms with E-state index in [9.17, 15) is 0 Å². The zero-order chi connectivity index (χ0) is 31.3. The van der Waals surface area contributed by atoms with Gasteiger partial charge in [-0.3, -0.25) is 0 Å². The fourth-order valence-electron chi connectivity index (χ4n) is 7.05. The lowest BCUT2D eigenvalue weighted by atomic mass is 9.85. The molecule has 4 heterocycles. The van der Waals surface area contributed by atoms with Gasteiger partial charge >= 0.3 is 0 Å². The van der Waals surface area contributed by atoms with Crippen LogP contribution in [0.5, 0.6) is 0 Å². The van der Waals surface area contributed by atoms with Crippen LogP contribution in [0.3, 0.4) is 0 Å². The van der Waals surface area contributed by atoms with Crippen molar-refractivity contribution < 1.29 is 0 Å². The van der Waals surface area contributed by atoms with Crippen LogP contribution < -0.4 is 10.4 Å². The summed E-state index contributed by atoms with van der Waals surface area (Å²) in [6.07, 6.45) is 18.9. The summed E-state index contributed by atoms with van der Waals surface area (Å²) in [5.74, 6) is 0. The molecule has 0 saturated carbocycles. The van der Waals surface area contributed by atoms with E-state index >= 15 is 0 Å². The molecule has 0 bridgehead atoms. The topological polar surface area (TPSA) is 0 Å². The Morgan fingerprint density at radius 3 is 1.67 bits per heavy atom. The summed E-state index contributed by atoms with van der Waals surface area (Å²) in [4.78, 5) is 9.74. The number of aryl methyl sites for hydroxylation is 1. The molecule has 1 aliphatic rings. The van der Waals surface area contributed by atoms with Crippen molar-refractivity contribution in [2.45, 2.75) is 175 Å². The largest absolute Gasteiger partial charge is 0.139 e. The first kappa shape index (κ1) is 35.2. The van der Waals surface area contributed by atoms with E-state index in [1.54, 1.807) is 34.8 Å². The highest BCUT2D eigenvalue weighted by Gasteiger charge is 2.48. The summed E-state index contributed by atoms with van der Waals surface area (Å²) in [5.41, 5.74) is 2.12. The van der Waals surface area contributed by atoms with Crippen molar-refractivity contribution in [1.82, 2.24) is 0 Å². The van der Waals surface area contributed by atoms with Gasteiger partial charge < -0.3 is 0 Å². The summed E-state index contributed by atoms with van der Waals surface area (Å²) in [7, 11) is -1.80. The van der Waals surface area contributed by atoms with Crippen LogP contribution >= 0.6 is 34.0 Å². The monoisotopic (exact) mass is 654 g/mol. The maximum atomic E-state index is 2.75. The summed E-state index contributed by atoms with van der Waals surface area (Å²) in [6, 6.07) is 11.0. The average Bonchev–Trinajstić information content (AvgIpc) is 3.74. The third-order valence-electron chi connectivity index (χ3n) is 10.2. The zero-order valence-corrected chi connectivity index (χ0v) is 32.7. The standard InChI is InChI=1S/C39H62S3Si/c1-10-14-17-20-23-29-26-30(41-37(29)39(8,9)13-4)31-27-32-35(40-31)36-33(28-34(42-36)38(5,6)7)43(32,24-21-18-15-11-2)25-22-19-16-12-3/h26-28H,10-25H2,1-9H3. The number of hydrogen-bond donors (Lipinski definition) is 0. The summed E-state index contributed by atoms with van der Waals surface area (Å²) in [6.45, 7) is 21.6. The van der Waals surface area contributed by atoms with Gasteiger partial charge in [-0.1, -0.05) is 133 Å². The van der Waals surface area contributed by atoms with Gasteiger partial charge in [0.05, 0.1) is 0 Å². The van der Waals surface area contributed by atoms with Crippen molar-refractivity contribution in [3.8, 4) is 19.5 Å². The maximum absolute atomic E-state index is 2.75. The summed E-state index contributed by atoms with van der Waals surface area (Å²) < 4.78 is 0. The van der Waals surface area contributed by atoms with Gasteiger partial charge in [-0.2, -0.15) is 0 Å². The van der Waals surface area contributed by atoms with Crippen molar-refractivity contribution in [2.75, 3.05) is 0 Å². The highest BCUT2D eigenvalue weighted by molar-refractivity contribution is 7.32. The highest BCUT2D eigenvalue weighted by atomic mass is 32.1. The molecule has 0 amide bonds. The SMILES string of the molecule is CCCCCCc1cc(-c2cc3c(s2)-c2sc(C(C)(C)C)cc2[Si]3(CCCCCC)CCCCCC)sc1C(C)(C)CC. The Hall–Kier alpha value is -0.683. The molecule has 0 unspecified atom stereocenters. The fourth-order valence-corrected chi connectivity index (χ4v) is 18.0. The van der Waals surface area contributed by atoms with Crippen LogP contribution in [0.2, 0.25) is 12.1 Å². The fraction of sp³-hybridized carbons (Fsp3) is 0.692. The van der Waals surface area contributed by atoms with Crippen LogP contribution in [-0.4, -0.2) is 8.07 Å². The van der Waals surface area contributed by atoms with Gasteiger partial charge in [0, 0.05) is 29.3 Å². The van der Waals surface area contributed by atoms with Crippen LogP contribution in [0.15, 0.2) is 18.2 Å². The zero-order valence-electron chi connectivity index (χ0n) is 29.3. The second-order valence-electron chi connectivity index (χ2n) is 15.2. The first-order valence-corrected chi connectivity index (χ1v) is 22.8. The molecule has 43 heavy (non-hydrogen) atoms. The molecule has 0 aromatic carbocycles. The maximum Gasteiger partial charge on any atom is 0.122 e. The van der Waals surface area contributed by atoms with Gasteiger partial charge in [-0.25, -0.2) is 0 Å². The van der Waals surface area contributed by atoms with E-state index in [0.29, 0.717) is 0 Å². The predicted octanol–water partition coefficient (Wildman–Crippen LogP) is 13.3. The molecule has 0 radical (unpaired) electrons. The molecule has 1 aliphatic heterocycles. The van der Waals surface area contributed by atoms with E-state index in [1.807, 2.05) is 10.4 Å². The molecular weight excluding hydrogens is 593 g/mol. The molecule has 3 aromatic heterocycles. The lowest BCUT2D eigenvalue weighted by Gasteiger charge is -2.29. The van der Waals surface area contributed by atoms with Crippen LogP contribution in [0.1, 0.15) is 161 Å². The third kappa shape index (κ3) is 7.83. The Kier molecular flexibility index (Phi) is 12.5. The van der Waals surface area contributed by atoms with E-state index in [1.165, 1.54) is 102 Å². The van der Waals surface area contributed by atoms with Gasteiger partial charge in [0.1, 0.15) is 8.07 Å². The summed E-state index contributed by atoms with van der Waals surface area (Å²) in [5, 5.41) is 3.66. The second kappa shape index (κ2) is 15.3. The molecule has 0 saturated heterocycles. The van der Waals surface area contributed by atoms with Crippen molar-refractivity contribution >= 4 is 52.5 Å². The highest BCUT2D eigenvalue weighted by Crippen LogP contribution is 2.49. The van der Waals surface area contributed by atoms with E-state index in [4.69, 9.17) is 0 Å². The molecule has 4 heteroatoms. The molecule has 0 fully saturated rings. The quantitative estimate of drug-likeness (QED) is 0.0945. The number of unbranched alkanes of at least 4 members (excludes halogenated alkanes) is 9. The Labute approximate surface area is 279 Å². The van der Waals surface area contributed by atoms with Crippen LogP contribution in [0.4, 0.5) is 0 Å². The third-order valence-corrected chi connectivity index (χ3v) is 20.4. The lowest BCUT2D eigenvalue weighted by Crippen LogP contribution is -2.54. The average molecular weight is 655 g/mol. The lowest BCUT2D eigenvalue weighted by molar-refractivity contribution is 0.510.